The molecule has 0 radical (unpaired) electrons. The van der Waals surface area contributed by atoms with Crippen LogP contribution in [0.15, 0.2) is 17.0 Å². The Morgan fingerprint density at radius 2 is 1.95 bits per heavy atom. The maximum atomic E-state index is 12.4. The van der Waals surface area contributed by atoms with Crippen LogP contribution in [0.4, 0.5) is 0 Å². The summed E-state index contributed by atoms with van der Waals surface area (Å²) >= 11 is 11.9. The molecule has 9 heteroatoms. The van der Waals surface area contributed by atoms with E-state index in [4.69, 9.17) is 38.6 Å². The SMILES string of the molecule is CCN(CCOC)C(=O)c1cc(S(=O)(=O)Cl)cc(Cl)c1Cl. The number of halogens is 3. The molecule has 0 aliphatic carbocycles. The van der Waals surface area contributed by atoms with Crippen LogP contribution in [0.2, 0.25) is 10.0 Å². The van der Waals surface area contributed by atoms with Crippen LogP contribution < -0.4 is 0 Å². The lowest BCUT2D eigenvalue weighted by molar-refractivity contribution is 0.0706. The van der Waals surface area contributed by atoms with Crippen LogP contribution in [-0.2, 0) is 13.8 Å². The molecule has 0 aliphatic rings. The van der Waals surface area contributed by atoms with Crippen LogP contribution in [0.25, 0.3) is 0 Å². The Labute approximate surface area is 138 Å². The van der Waals surface area contributed by atoms with Crippen LogP contribution in [0.1, 0.15) is 17.3 Å². The van der Waals surface area contributed by atoms with Gasteiger partial charge in [0, 0.05) is 30.9 Å². The largest absolute Gasteiger partial charge is 0.383 e. The lowest BCUT2D eigenvalue weighted by Gasteiger charge is -2.21. The van der Waals surface area contributed by atoms with E-state index in [-0.39, 0.29) is 20.5 Å². The smallest absolute Gasteiger partial charge is 0.261 e. The summed E-state index contributed by atoms with van der Waals surface area (Å²) in [4.78, 5) is 13.6. The van der Waals surface area contributed by atoms with Crippen molar-refractivity contribution in [2.45, 2.75) is 11.8 Å². The number of rotatable bonds is 6. The van der Waals surface area contributed by atoms with Gasteiger partial charge in [-0.3, -0.25) is 4.79 Å². The predicted molar refractivity (Wildman–Crippen MR) is 83.0 cm³/mol. The Morgan fingerprint density at radius 1 is 1.33 bits per heavy atom. The van der Waals surface area contributed by atoms with E-state index in [1.165, 1.54) is 12.0 Å². The number of likely N-dealkylation sites (N-methyl/N-ethyl adjacent to an activating group) is 1. The molecule has 0 aliphatic heterocycles. The molecule has 1 amide bonds. The summed E-state index contributed by atoms with van der Waals surface area (Å²) in [7, 11) is 2.79. The van der Waals surface area contributed by atoms with Crippen molar-refractivity contribution in [2.24, 2.45) is 0 Å². The monoisotopic (exact) mass is 373 g/mol. The minimum absolute atomic E-state index is 0.0124. The number of carbonyl (C=O) groups is 1. The van der Waals surface area contributed by atoms with Gasteiger partial charge in [-0.1, -0.05) is 23.2 Å². The minimum atomic E-state index is -4.01. The van der Waals surface area contributed by atoms with Gasteiger partial charge in [0.05, 0.1) is 27.1 Å². The lowest BCUT2D eigenvalue weighted by Crippen LogP contribution is -2.34. The maximum absolute atomic E-state index is 12.4. The third-order valence-electron chi connectivity index (χ3n) is 2.75. The van der Waals surface area contributed by atoms with Gasteiger partial charge in [-0.15, -0.1) is 0 Å². The van der Waals surface area contributed by atoms with Gasteiger partial charge < -0.3 is 9.64 Å². The molecule has 0 bridgehead atoms. The van der Waals surface area contributed by atoms with E-state index in [2.05, 4.69) is 0 Å². The Morgan fingerprint density at radius 3 is 2.43 bits per heavy atom. The number of hydrogen-bond acceptors (Lipinski definition) is 4. The number of nitrogens with zero attached hydrogens (tertiary/aromatic N) is 1. The Kier molecular flexibility index (Phi) is 6.74. The first-order chi connectivity index (χ1) is 9.72. The molecule has 0 N–H and O–H groups in total. The second-order valence-electron chi connectivity index (χ2n) is 4.08. The molecule has 1 aromatic carbocycles. The highest BCUT2D eigenvalue weighted by atomic mass is 35.7. The third-order valence-corrected chi connectivity index (χ3v) is 4.88. The summed E-state index contributed by atoms with van der Waals surface area (Å²) < 4.78 is 27.7. The molecular weight excluding hydrogens is 361 g/mol. The van der Waals surface area contributed by atoms with Gasteiger partial charge in [-0.25, -0.2) is 8.42 Å². The average molecular weight is 375 g/mol. The summed E-state index contributed by atoms with van der Waals surface area (Å²) in [5, 5.41) is -0.0638. The molecular formula is C12H14Cl3NO4S. The molecule has 0 saturated carbocycles. The van der Waals surface area contributed by atoms with Crippen molar-refractivity contribution in [3.8, 4) is 0 Å². The first-order valence-electron chi connectivity index (χ1n) is 5.94. The molecule has 0 aromatic heterocycles. The van der Waals surface area contributed by atoms with Crippen LogP contribution >= 0.6 is 33.9 Å². The fraction of sp³-hybridized carbons (Fsp3) is 0.417. The molecule has 118 valence electrons. The zero-order chi connectivity index (χ0) is 16.2. The second-order valence-corrected chi connectivity index (χ2v) is 7.43. The summed E-state index contributed by atoms with van der Waals surface area (Å²) in [5.41, 5.74) is -0.0126. The highest BCUT2D eigenvalue weighted by Crippen LogP contribution is 2.31. The van der Waals surface area contributed by atoms with E-state index in [1.54, 1.807) is 6.92 Å². The van der Waals surface area contributed by atoms with Crippen LogP contribution in [0, 0.1) is 0 Å². The van der Waals surface area contributed by atoms with Crippen molar-refractivity contribution in [1.29, 1.82) is 0 Å². The number of benzene rings is 1. The molecule has 21 heavy (non-hydrogen) atoms. The first kappa shape index (κ1) is 18.5. The van der Waals surface area contributed by atoms with Gasteiger partial charge in [0.1, 0.15) is 0 Å². The van der Waals surface area contributed by atoms with Crippen molar-refractivity contribution in [3.05, 3.63) is 27.7 Å². The number of ether oxygens (including phenoxy) is 1. The molecule has 0 fully saturated rings. The number of methoxy groups -OCH3 is 1. The second kappa shape index (κ2) is 7.65. The Hall–Kier alpha value is -0.530. The van der Waals surface area contributed by atoms with Crippen molar-refractivity contribution < 1.29 is 17.9 Å². The zero-order valence-corrected chi connectivity index (χ0v) is 14.5. The fourth-order valence-electron chi connectivity index (χ4n) is 1.64. The van der Waals surface area contributed by atoms with Gasteiger partial charge in [0.25, 0.3) is 15.0 Å². The van der Waals surface area contributed by atoms with Gasteiger partial charge in [-0.05, 0) is 19.1 Å². The number of amides is 1. The highest BCUT2D eigenvalue weighted by molar-refractivity contribution is 8.13. The molecule has 0 heterocycles. The lowest BCUT2D eigenvalue weighted by atomic mass is 10.2. The number of carbonyl (C=O) groups excluding carboxylic acids is 1. The number of hydrogen-bond donors (Lipinski definition) is 0. The van der Waals surface area contributed by atoms with E-state index < -0.39 is 15.0 Å². The normalized spacial score (nSPS) is 11.5. The van der Waals surface area contributed by atoms with Crippen LogP contribution in [-0.4, -0.2) is 46.0 Å². The van der Waals surface area contributed by atoms with Gasteiger partial charge >= 0.3 is 0 Å². The predicted octanol–water partition coefficient (Wildman–Crippen LogP) is 3.03. The van der Waals surface area contributed by atoms with E-state index in [9.17, 15) is 13.2 Å². The molecule has 1 aromatic rings. The average Bonchev–Trinajstić information content (AvgIpc) is 2.41. The van der Waals surface area contributed by atoms with Crippen LogP contribution in [0.3, 0.4) is 0 Å². The standard InChI is InChI=1S/C12H14Cl3NO4S/c1-3-16(4-5-20-2)12(17)9-6-8(21(15,18)19)7-10(13)11(9)14/h6-7H,3-5H2,1-2H3. The maximum Gasteiger partial charge on any atom is 0.261 e. The quantitative estimate of drug-likeness (QED) is 0.718. The first-order valence-corrected chi connectivity index (χ1v) is 9.00. The molecule has 0 spiro atoms. The van der Waals surface area contributed by atoms with Gasteiger partial charge in [0.15, 0.2) is 0 Å². The van der Waals surface area contributed by atoms with Crippen molar-refractivity contribution in [2.75, 3.05) is 26.8 Å². The molecule has 0 unspecified atom stereocenters. The molecule has 5 nitrogen and oxygen atoms in total. The van der Waals surface area contributed by atoms with Crippen molar-refractivity contribution in [3.63, 3.8) is 0 Å². The summed E-state index contributed by atoms with van der Waals surface area (Å²) in [6.45, 7) is 2.88. The highest BCUT2D eigenvalue weighted by Gasteiger charge is 2.22. The van der Waals surface area contributed by atoms with E-state index in [0.29, 0.717) is 19.7 Å². The van der Waals surface area contributed by atoms with E-state index >= 15 is 0 Å². The fourth-order valence-corrected chi connectivity index (χ4v) is 2.89. The summed E-state index contributed by atoms with van der Waals surface area (Å²) in [6, 6.07) is 2.22. The Bertz CT molecular complexity index is 634. The van der Waals surface area contributed by atoms with E-state index in [0.717, 1.165) is 12.1 Å². The third kappa shape index (κ3) is 4.72. The molecule has 0 saturated heterocycles. The summed E-state index contributed by atoms with van der Waals surface area (Å²) in [6.07, 6.45) is 0. The van der Waals surface area contributed by atoms with Gasteiger partial charge in [-0.2, -0.15) is 0 Å². The van der Waals surface area contributed by atoms with Crippen LogP contribution in [0.5, 0.6) is 0 Å². The minimum Gasteiger partial charge on any atom is -0.383 e. The van der Waals surface area contributed by atoms with Crippen molar-refractivity contribution >= 4 is 48.8 Å². The van der Waals surface area contributed by atoms with Gasteiger partial charge in [0.2, 0.25) is 0 Å². The summed E-state index contributed by atoms with van der Waals surface area (Å²) in [5.74, 6) is -0.441. The molecule has 1 rings (SSSR count). The zero-order valence-electron chi connectivity index (χ0n) is 11.4. The molecule has 0 atom stereocenters. The Balaban J connectivity index is 3.28. The van der Waals surface area contributed by atoms with E-state index in [1.807, 2.05) is 0 Å². The van der Waals surface area contributed by atoms with Crippen molar-refractivity contribution in [1.82, 2.24) is 4.90 Å². The topological polar surface area (TPSA) is 63.7 Å².